The minimum atomic E-state index is -0.719. The van der Waals surface area contributed by atoms with E-state index >= 15 is 0 Å². The topological polar surface area (TPSA) is 123 Å². The van der Waals surface area contributed by atoms with Crippen molar-refractivity contribution in [2.24, 2.45) is 0 Å². The zero-order valence-electron chi connectivity index (χ0n) is 16.5. The van der Waals surface area contributed by atoms with Crippen molar-refractivity contribution in [1.29, 1.82) is 0 Å². The van der Waals surface area contributed by atoms with Gasteiger partial charge in [-0.1, -0.05) is 6.07 Å². The molecule has 4 heterocycles. The third-order valence-electron chi connectivity index (χ3n) is 5.57. The molecule has 4 aromatic rings. The molecule has 5 rings (SSSR count). The van der Waals surface area contributed by atoms with Gasteiger partial charge < -0.3 is 14.6 Å². The molecule has 1 aromatic carbocycles. The molecule has 1 N–H and O–H groups in total. The monoisotopic (exact) mass is 419 g/mol. The summed E-state index contributed by atoms with van der Waals surface area (Å²) in [5.41, 5.74) is 2.25. The fourth-order valence-corrected chi connectivity index (χ4v) is 4.09. The Kier molecular flexibility index (Phi) is 4.21. The van der Waals surface area contributed by atoms with Gasteiger partial charge in [0.15, 0.2) is 0 Å². The van der Waals surface area contributed by atoms with Crippen LogP contribution in [0.5, 0.6) is 0 Å². The number of methoxy groups -OCH3 is 1. The van der Waals surface area contributed by atoms with Crippen molar-refractivity contribution in [2.45, 2.75) is 13.0 Å². The summed E-state index contributed by atoms with van der Waals surface area (Å²) < 4.78 is 5.98. The number of nitrogens with zero attached hydrogens (tertiary/aromatic N) is 4. The molecule has 156 valence electrons. The second-order valence-corrected chi connectivity index (χ2v) is 7.28. The van der Waals surface area contributed by atoms with Crippen molar-refractivity contribution in [3.8, 4) is 0 Å². The van der Waals surface area contributed by atoms with Gasteiger partial charge in [0.25, 0.3) is 0 Å². The molecule has 3 aromatic heterocycles. The quantitative estimate of drug-likeness (QED) is 0.307. The Labute approximate surface area is 174 Å². The number of carbonyl (C=O) groups is 1. The van der Waals surface area contributed by atoms with E-state index in [-0.39, 0.29) is 5.82 Å². The molecule has 31 heavy (non-hydrogen) atoms. The lowest BCUT2D eigenvalue weighted by molar-refractivity contribution is -0.385. The van der Waals surface area contributed by atoms with Gasteiger partial charge in [0.1, 0.15) is 5.65 Å². The fraction of sp³-hybridized carbons (Fsp3) is 0.190. The Hall–Kier alpha value is -4.21. The highest BCUT2D eigenvalue weighted by molar-refractivity contribution is 5.96. The van der Waals surface area contributed by atoms with Crippen LogP contribution in [0, 0.1) is 10.1 Å². The van der Waals surface area contributed by atoms with Crippen molar-refractivity contribution in [3.63, 3.8) is 0 Å². The Morgan fingerprint density at radius 2 is 2.13 bits per heavy atom. The number of nitro groups is 1. The van der Waals surface area contributed by atoms with Crippen LogP contribution >= 0.6 is 0 Å². The summed E-state index contributed by atoms with van der Waals surface area (Å²) in [5.74, 6) is -0.394. The number of anilines is 1. The van der Waals surface area contributed by atoms with Gasteiger partial charge in [0, 0.05) is 47.9 Å². The van der Waals surface area contributed by atoms with Gasteiger partial charge in [-0.05, 0) is 30.3 Å². The number of hydrogen-bond donors (Lipinski definition) is 1. The van der Waals surface area contributed by atoms with E-state index in [0.29, 0.717) is 30.7 Å². The molecule has 0 aliphatic carbocycles. The SMILES string of the molecule is COC(=O)c1ccc2[nH]c3c(c2c1)CN(c1nc2ccccn2c(=O)c1[N+](=O)[O-])CC3. The van der Waals surface area contributed by atoms with Gasteiger partial charge in [0.05, 0.1) is 17.6 Å². The highest BCUT2D eigenvalue weighted by atomic mass is 16.6. The second kappa shape index (κ2) is 6.94. The van der Waals surface area contributed by atoms with Crippen LogP contribution in [0.4, 0.5) is 11.5 Å². The van der Waals surface area contributed by atoms with Crippen LogP contribution in [0.15, 0.2) is 47.4 Å². The van der Waals surface area contributed by atoms with Gasteiger partial charge in [-0.15, -0.1) is 0 Å². The zero-order valence-corrected chi connectivity index (χ0v) is 16.5. The molecule has 0 amide bonds. The van der Waals surface area contributed by atoms with Gasteiger partial charge in [-0.25, -0.2) is 9.78 Å². The highest BCUT2D eigenvalue weighted by Crippen LogP contribution is 2.33. The highest BCUT2D eigenvalue weighted by Gasteiger charge is 2.31. The first-order valence-corrected chi connectivity index (χ1v) is 9.60. The molecule has 0 spiro atoms. The fourth-order valence-electron chi connectivity index (χ4n) is 4.09. The maximum Gasteiger partial charge on any atom is 0.376 e. The molecule has 0 radical (unpaired) electrons. The normalized spacial score (nSPS) is 13.4. The van der Waals surface area contributed by atoms with Crippen molar-refractivity contribution < 1.29 is 14.5 Å². The number of benzene rings is 1. The van der Waals surface area contributed by atoms with Crippen LogP contribution < -0.4 is 10.5 Å². The summed E-state index contributed by atoms with van der Waals surface area (Å²) >= 11 is 0. The number of aromatic nitrogens is 3. The van der Waals surface area contributed by atoms with Gasteiger partial charge in [-0.2, -0.15) is 0 Å². The molecule has 10 heteroatoms. The molecule has 0 fully saturated rings. The standard InChI is InChI=1S/C21H17N5O5/c1-31-21(28)12-5-6-15-13(10-12)14-11-24(9-7-16(14)22-15)19-18(26(29)30)20(27)25-8-3-2-4-17(25)23-19/h2-6,8,10,22H,7,9,11H2,1H3. The van der Waals surface area contributed by atoms with E-state index in [0.717, 1.165) is 22.2 Å². The third kappa shape index (κ3) is 2.91. The van der Waals surface area contributed by atoms with Gasteiger partial charge in [0.2, 0.25) is 5.82 Å². The summed E-state index contributed by atoms with van der Waals surface area (Å²) in [6, 6.07) is 10.2. The molecule has 0 saturated heterocycles. The number of ether oxygens (including phenoxy) is 1. The molecular weight excluding hydrogens is 402 g/mol. The number of carbonyl (C=O) groups excluding carboxylic acids is 1. The van der Waals surface area contributed by atoms with E-state index in [4.69, 9.17) is 4.74 Å². The van der Waals surface area contributed by atoms with Gasteiger partial charge in [-0.3, -0.25) is 19.3 Å². The summed E-state index contributed by atoms with van der Waals surface area (Å²) in [7, 11) is 1.32. The molecular formula is C21H17N5O5. The lowest BCUT2D eigenvalue weighted by atomic mass is 10.0. The van der Waals surface area contributed by atoms with E-state index in [1.807, 2.05) is 6.07 Å². The van der Waals surface area contributed by atoms with E-state index < -0.39 is 22.1 Å². The second-order valence-electron chi connectivity index (χ2n) is 7.28. The Morgan fingerprint density at radius 1 is 1.29 bits per heavy atom. The average molecular weight is 419 g/mol. The maximum absolute atomic E-state index is 12.8. The van der Waals surface area contributed by atoms with Crippen LogP contribution in [0.2, 0.25) is 0 Å². The molecule has 0 saturated carbocycles. The van der Waals surface area contributed by atoms with Crippen molar-refractivity contribution in [2.75, 3.05) is 18.6 Å². The van der Waals surface area contributed by atoms with E-state index in [1.165, 1.54) is 17.7 Å². The molecule has 1 aliphatic heterocycles. The molecule has 0 atom stereocenters. The lowest BCUT2D eigenvalue weighted by Gasteiger charge is -2.27. The van der Waals surface area contributed by atoms with Gasteiger partial charge >= 0.3 is 17.2 Å². The summed E-state index contributed by atoms with van der Waals surface area (Å²) in [5, 5.41) is 12.6. The van der Waals surface area contributed by atoms with Crippen molar-refractivity contribution >= 4 is 34.0 Å². The molecule has 1 aliphatic rings. The predicted molar refractivity (Wildman–Crippen MR) is 113 cm³/mol. The van der Waals surface area contributed by atoms with Crippen LogP contribution in [0.25, 0.3) is 16.6 Å². The van der Waals surface area contributed by atoms with Crippen molar-refractivity contribution in [3.05, 3.63) is 79.9 Å². The van der Waals surface area contributed by atoms with Crippen LogP contribution in [-0.4, -0.2) is 38.9 Å². The summed E-state index contributed by atoms with van der Waals surface area (Å²) in [4.78, 5) is 45.4. The minimum absolute atomic E-state index is 0.0466. The summed E-state index contributed by atoms with van der Waals surface area (Å²) in [6.45, 7) is 0.774. The molecule has 10 nitrogen and oxygen atoms in total. The Balaban J connectivity index is 1.65. The number of nitrogens with one attached hydrogen (secondary N) is 1. The third-order valence-corrected chi connectivity index (χ3v) is 5.57. The predicted octanol–water partition coefficient (Wildman–Crippen LogP) is 2.43. The minimum Gasteiger partial charge on any atom is -0.465 e. The summed E-state index contributed by atoms with van der Waals surface area (Å²) in [6.07, 6.45) is 2.05. The largest absolute Gasteiger partial charge is 0.465 e. The van der Waals surface area contributed by atoms with Crippen molar-refractivity contribution in [1.82, 2.24) is 14.4 Å². The molecule has 0 unspecified atom stereocenters. The smallest absolute Gasteiger partial charge is 0.376 e. The van der Waals surface area contributed by atoms with Crippen LogP contribution in [0.1, 0.15) is 21.6 Å². The first kappa shape index (κ1) is 18.8. The zero-order chi connectivity index (χ0) is 21.7. The number of rotatable bonds is 3. The number of pyridine rings is 1. The first-order chi connectivity index (χ1) is 15.0. The number of fused-ring (bicyclic) bond motifs is 4. The van der Waals surface area contributed by atoms with Crippen LogP contribution in [-0.2, 0) is 17.7 Å². The molecule has 0 bridgehead atoms. The van der Waals surface area contributed by atoms with E-state index in [9.17, 15) is 19.7 Å². The Bertz CT molecular complexity index is 1440. The number of H-pyrrole nitrogens is 1. The first-order valence-electron chi connectivity index (χ1n) is 9.60. The number of hydrogen-bond acceptors (Lipinski definition) is 7. The van der Waals surface area contributed by atoms with E-state index in [2.05, 4.69) is 9.97 Å². The average Bonchev–Trinajstić information content (AvgIpc) is 3.15. The lowest BCUT2D eigenvalue weighted by Crippen LogP contribution is -2.33. The van der Waals surface area contributed by atoms with E-state index in [1.54, 1.807) is 35.2 Å². The number of esters is 1. The number of aromatic amines is 1. The maximum atomic E-state index is 12.8. The van der Waals surface area contributed by atoms with Crippen LogP contribution in [0.3, 0.4) is 0 Å². The Morgan fingerprint density at radius 3 is 2.90 bits per heavy atom.